The summed E-state index contributed by atoms with van der Waals surface area (Å²) in [5.74, 6) is -0.457. The van der Waals surface area contributed by atoms with Crippen LogP contribution in [0.2, 0.25) is 0 Å². The average molecular weight is 267 g/mol. The molecule has 0 aliphatic heterocycles. The maximum atomic E-state index is 14.0. The summed E-state index contributed by atoms with van der Waals surface area (Å²) in [6, 6.07) is 4.45. The molecule has 1 aliphatic rings. The summed E-state index contributed by atoms with van der Waals surface area (Å²) < 4.78 is 27.5. The van der Waals surface area contributed by atoms with Crippen LogP contribution in [-0.4, -0.2) is 6.54 Å². The second kappa shape index (κ2) is 6.47. The van der Waals surface area contributed by atoms with Gasteiger partial charge in [0.05, 0.1) is 0 Å². The molecule has 1 aromatic carbocycles. The second-order valence-corrected chi connectivity index (χ2v) is 5.65. The smallest absolute Gasteiger partial charge is 0.163 e. The van der Waals surface area contributed by atoms with Crippen LogP contribution in [-0.2, 0) is 0 Å². The van der Waals surface area contributed by atoms with E-state index in [0.717, 1.165) is 19.4 Å². The lowest BCUT2D eigenvalue weighted by molar-refractivity contribution is 0.293. The summed E-state index contributed by atoms with van der Waals surface area (Å²) in [5.41, 5.74) is 0.493. The van der Waals surface area contributed by atoms with Gasteiger partial charge in [0, 0.05) is 11.6 Å². The summed E-state index contributed by atoms with van der Waals surface area (Å²) in [7, 11) is 0. The highest BCUT2D eigenvalue weighted by Gasteiger charge is 2.33. The molecule has 0 spiro atoms. The highest BCUT2D eigenvalue weighted by molar-refractivity contribution is 5.23. The van der Waals surface area contributed by atoms with Gasteiger partial charge in [0.15, 0.2) is 11.6 Å². The van der Waals surface area contributed by atoms with Gasteiger partial charge in [-0.25, -0.2) is 8.78 Å². The summed E-state index contributed by atoms with van der Waals surface area (Å²) in [5, 5.41) is 3.42. The van der Waals surface area contributed by atoms with E-state index in [1.54, 1.807) is 12.1 Å². The number of halogens is 2. The Hall–Kier alpha value is -0.960. The standard InChI is InChI=1S/C16H23F2N/c1-3-10-19-16(12-7-4-6-11(12)2)13-8-5-9-14(17)15(13)18/h5,8-9,11-12,16,19H,3-4,6-7,10H2,1-2H3. The third kappa shape index (κ3) is 3.14. The SMILES string of the molecule is CCCNC(c1cccc(F)c1F)C1CCCC1C. The fourth-order valence-electron chi connectivity index (χ4n) is 3.22. The van der Waals surface area contributed by atoms with Crippen molar-refractivity contribution in [1.29, 1.82) is 0 Å². The summed E-state index contributed by atoms with van der Waals surface area (Å²) >= 11 is 0. The van der Waals surface area contributed by atoms with Crippen molar-refractivity contribution in [2.45, 2.75) is 45.6 Å². The molecule has 2 rings (SSSR count). The summed E-state index contributed by atoms with van der Waals surface area (Å²) in [6.07, 6.45) is 4.46. The van der Waals surface area contributed by atoms with E-state index < -0.39 is 11.6 Å². The molecule has 106 valence electrons. The highest BCUT2D eigenvalue weighted by atomic mass is 19.2. The van der Waals surface area contributed by atoms with Gasteiger partial charge in [-0.05, 0) is 37.3 Å². The Labute approximate surface area is 114 Å². The van der Waals surface area contributed by atoms with Crippen molar-refractivity contribution in [3.8, 4) is 0 Å². The van der Waals surface area contributed by atoms with Crippen LogP contribution in [0.25, 0.3) is 0 Å². The molecule has 3 heteroatoms. The third-order valence-corrected chi connectivity index (χ3v) is 4.29. The highest BCUT2D eigenvalue weighted by Crippen LogP contribution is 2.40. The Morgan fingerprint density at radius 2 is 2.11 bits per heavy atom. The normalized spacial score (nSPS) is 24.6. The molecule has 3 unspecified atom stereocenters. The van der Waals surface area contributed by atoms with Gasteiger partial charge in [0.1, 0.15) is 0 Å². The Morgan fingerprint density at radius 3 is 2.74 bits per heavy atom. The van der Waals surface area contributed by atoms with Gasteiger partial charge in [-0.1, -0.05) is 38.8 Å². The van der Waals surface area contributed by atoms with E-state index in [9.17, 15) is 8.78 Å². The fraction of sp³-hybridized carbons (Fsp3) is 0.625. The van der Waals surface area contributed by atoms with E-state index in [4.69, 9.17) is 0 Å². The lowest BCUT2D eigenvalue weighted by Gasteiger charge is -2.29. The van der Waals surface area contributed by atoms with Gasteiger partial charge in [-0.3, -0.25) is 0 Å². The van der Waals surface area contributed by atoms with E-state index in [-0.39, 0.29) is 6.04 Å². The Kier molecular flexibility index (Phi) is 4.92. The van der Waals surface area contributed by atoms with Gasteiger partial charge >= 0.3 is 0 Å². The van der Waals surface area contributed by atoms with Crippen molar-refractivity contribution in [3.63, 3.8) is 0 Å². The van der Waals surface area contributed by atoms with E-state index in [1.165, 1.54) is 18.9 Å². The van der Waals surface area contributed by atoms with Crippen molar-refractivity contribution in [3.05, 3.63) is 35.4 Å². The molecule has 0 radical (unpaired) electrons. The van der Waals surface area contributed by atoms with Crippen molar-refractivity contribution >= 4 is 0 Å². The number of hydrogen-bond acceptors (Lipinski definition) is 1. The Balaban J connectivity index is 2.28. The van der Waals surface area contributed by atoms with Gasteiger partial charge in [0.25, 0.3) is 0 Å². The van der Waals surface area contributed by atoms with Crippen LogP contribution in [0.3, 0.4) is 0 Å². The molecule has 0 amide bonds. The number of benzene rings is 1. The first-order valence-corrected chi connectivity index (χ1v) is 7.32. The van der Waals surface area contributed by atoms with Crippen LogP contribution in [0.1, 0.15) is 51.1 Å². The van der Waals surface area contributed by atoms with Crippen LogP contribution < -0.4 is 5.32 Å². The molecule has 1 aromatic rings. The van der Waals surface area contributed by atoms with E-state index >= 15 is 0 Å². The quantitative estimate of drug-likeness (QED) is 0.831. The van der Waals surface area contributed by atoms with Crippen molar-refractivity contribution < 1.29 is 8.78 Å². The maximum absolute atomic E-state index is 14.0. The van der Waals surface area contributed by atoms with Gasteiger partial charge in [-0.15, -0.1) is 0 Å². The second-order valence-electron chi connectivity index (χ2n) is 5.65. The molecule has 0 saturated heterocycles. The molecule has 1 aliphatic carbocycles. The molecular weight excluding hydrogens is 244 g/mol. The van der Waals surface area contributed by atoms with Gasteiger partial charge < -0.3 is 5.32 Å². The first kappa shape index (κ1) is 14.4. The van der Waals surface area contributed by atoms with E-state index in [2.05, 4.69) is 19.2 Å². The van der Waals surface area contributed by atoms with Crippen molar-refractivity contribution in [1.82, 2.24) is 5.32 Å². The van der Waals surface area contributed by atoms with Gasteiger partial charge in [-0.2, -0.15) is 0 Å². The number of rotatable bonds is 5. The first-order chi connectivity index (χ1) is 9.15. The Bertz CT molecular complexity index is 419. The predicted octanol–water partition coefficient (Wildman–Crippen LogP) is 4.44. The summed E-state index contributed by atoms with van der Waals surface area (Å²) in [4.78, 5) is 0. The van der Waals surface area contributed by atoms with E-state index in [1.807, 2.05) is 0 Å². The monoisotopic (exact) mass is 267 g/mol. The molecule has 1 fully saturated rings. The average Bonchev–Trinajstić information content (AvgIpc) is 2.81. The molecule has 0 bridgehead atoms. The summed E-state index contributed by atoms with van der Waals surface area (Å²) in [6.45, 7) is 5.14. The molecule has 1 nitrogen and oxygen atoms in total. The van der Waals surface area contributed by atoms with Gasteiger partial charge in [0.2, 0.25) is 0 Å². The van der Waals surface area contributed by atoms with Crippen molar-refractivity contribution in [2.75, 3.05) is 6.54 Å². The zero-order valence-electron chi connectivity index (χ0n) is 11.8. The minimum atomic E-state index is -0.744. The number of hydrogen-bond donors (Lipinski definition) is 1. The van der Waals surface area contributed by atoms with Crippen molar-refractivity contribution in [2.24, 2.45) is 11.8 Å². The molecule has 3 atom stereocenters. The fourth-order valence-corrected chi connectivity index (χ4v) is 3.22. The third-order valence-electron chi connectivity index (χ3n) is 4.29. The van der Waals surface area contributed by atoms with Crippen LogP contribution >= 0.6 is 0 Å². The van der Waals surface area contributed by atoms with Crippen LogP contribution in [0, 0.1) is 23.5 Å². The largest absolute Gasteiger partial charge is 0.310 e. The first-order valence-electron chi connectivity index (χ1n) is 7.32. The van der Waals surface area contributed by atoms with Crippen LogP contribution in [0.5, 0.6) is 0 Å². The lowest BCUT2D eigenvalue weighted by Crippen LogP contribution is -2.31. The van der Waals surface area contributed by atoms with E-state index in [0.29, 0.717) is 17.4 Å². The zero-order valence-corrected chi connectivity index (χ0v) is 11.8. The molecule has 1 N–H and O–H groups in total. The Morgan fingerprint density at radius 1 is 1.32 bits per heavy atom. The molecule has 0 aromatic heterocycles. The molecule has 19 heavy (non-hydrogen) atoms. The maximum Gasteiger partial charge on any atom is 0.163 e. The lowest BCUT2D eigenvalue weighted by atomic mass is 9.85. The zero-order chi connectivity index (χ0) is 13.8. The molecular formula is C16H23F2N. The van der Waals surface area contributed by atoms with Crippen LogP contribution in [0.15, 0.2) is 18.2 Å². The molecule has 1 saturated carbocycles. The number of nitrogens with one attached hydrogen (secondary N) is 1. The molecule has 0 heterocycles. The topological polar surface area (TPSA) is 12.0 Å². The minimum Gasteiger partial charge on any atom is -0.310 e. The predicted molar refractivity (Wildman–Crippen MR) is 73.9 cm³/mol. The van der Waals surface area contributed by atoms with Crippen LogP contribution in [0.4, 0.5) is 8.78 Å². The minimum absolute atomic E-state index is 0.0619.